The van der Waals surface area contributed by atoms with E-state index in [1.54, 1.807) is 12.1 Å². The molecule has 0 saturated carbocycles. The fourth-order valence-corrected chi connectivity index (χ4v) is 2.79. The van der Waals surface area contributed by atoms with Crippen LogP contribution in [0.1, 0.15) is 17.5 Å². The van der Waals surface area contributed by atoms with Crippen molar-refractivity contribution in [1.82, 2.24) is 0 Å². The Labute approximate surface area is 143 Å². The van der Waals surface area contributed by atoms with Crippen LogP contribution in [0.4, 0.5) is 13.2 Å². The summed E-state index contributed by atoms with van der Waals surface area (Å²) in [5, 5.41) is 0. The first-order valence-electron chi connectivity index (χ1n) is 7.94. The zero-order chi connectivity index (χ0) is 17.9. The van der Waals surface area contributed by atoms with Gasteiger partial charge < -0.3 is 15.2 Å². The maximum atomic E-state index is 12.6. The predicted octanol–water partition coefficient (Wildman–Crippen LogP) is 4.91. The highest BCUT2D eigenvalue weighted by Crippen LogP contribution is 2.38. The molecule has 0 radical (unpaired) electrons. The van der Waals surface area contributed by atoms with Crippen molar-refractivity contribution in [2.75, 3.05) is 6.61 Å². The van der Waals surface area contributed by atoms with E-state index in [9.17, 15) is 13.2 Å². The van der Waals surface area contributed by atoms with E-state index in [1.165, 1.54) is 18.3 Å². The van der Waals surface area contributed by atoms with Crippen molar-refractivity contribution in [1.29, 1.82) is 0 Å². The lowest BCUT2D eigenvalue weighted by molar-refractivity contribution is -0.137. The van der Waals surface area contributed by atoms with Gasteiger partial charge in [-0.1, -0.05) is 12.1 Å². The van der Waals surface area contributed by atoms with Gasteiger partial charge >= 0.3 is 6.18 Å². The summed E-state index contributed by atoms with van der Waals surface area (Å²) in [6, 6.07) is 10.1. The SMILES string of the molecule is NC=CCC1COc2cccc(Oc3ccc(C(F)(F)F)cc3)c2C1. The molecule has 1 heterocycles. The molecule has 0 spiro atoms. The van der Waals surface area contributed by atoms with E-state index >= 15 is 0 Å². The lowest BCUT2D eigenvalue weighted by Crippen LogP contribution is -2.20. The molecule has 6 heteroatoms. The van der Waals surface area contributed by atoms with Crippen molar-refractivity contribution in [2.24, 2.45) is 11.7 Å². The Morgan fingerprint density at radius 2 is 1.92 bits per heavy atom. The Bertz CT molecular complexity index is 754. The molecule has 1 aliphatic rings. The van der Waals surface area contributed by atoms with Crippen LogP contribution in [0.15, 0.2) is 54.7 Å². The van der Waals surface area contributed by atoms with E-state index in [0.29, 0.717) is 18.1 Å². The summed E-state index contributed by atoms with van der Waals surface area (Å²) in [5.74, 6) is 1.98. The van der Waals surface area contributed by atoms with E-state index < -0.39 is 11.7 Å². The number of allylic oxidation sites excluding steroid dienone is 1. The van der Waals surface area contributed by atoms with Crippen LogP contribution in [-0.4, -0.2) is 6.61 Å². The predicted molar refractivity (Wildman–Crippen MR) is 88.6 cm³/mol. The monoisotopic (exact) mass is 349 g/mol. The van der Waals surface area contributed by atoms with Crippen molar-refractivity contribution in [2.45, 2.75) is 19.0 Å². The first kappa shape index (κ1) is 17.2. The Hall–Kier alpha value is -2.63. The Morgan fingerprint density at radius 3 is 2.60 bits per heavy atom. The second kappa shape index (κ2) is 7.09. The van der Waals surface area contributed by atoms with E-state index in [1.807, 2.05) is 12.1 Å². The number of alkyl halides is 3. The van der Waals surface area contributed by atoms with Gasteiger partial charge in [-0.25, -0.2) is 0 Å². The number of rotatable bonds is 4. The number of fused-ring (bicyclic) bond motifs is 1. The molecular formula is C19H18F3NO2. The van der Waals surface area contributed by atoms with Crippen LogP contribution in [0.25, 0.3) is 0 Å². The maximum Gasteiger partial charge on any atom is 0.416 e. The number of halogens is 3. The van der Waals surface area contributed by atoms with Crippen LogP contribution in [0, 0.1) is 5.92 Å². The number of ether oxygens (including phenoxy) is 2. The Morgan fingerprint density at radius 1 is 1.16 bits per heavy atom. The summed E-state index contributed by atoms with van der Waals surface area (Å²) in [4.78, 5) is 0. The molecule has 2 aromatic rings. The van der Waals surface area contributed by atoms with Crippen molar-refractivity contribution in [3.8, 4) is 17.2 Å². The molecule has 0 amide bonds. The summed E-state index contributed by atoms with van der Waals surface area (Å²) in [6.45, 7) is 0.598. The number of hydrogen-bond donors (Lipinski definition) is 1. The van der Waals surface area contributed by atoms with Gasteiger partial charge in [-0.3, -0.25) is 0 Å². The standard InChI is InChI=1S/C19H18F3NO2/c20-19(21,22)14-6-8-15(9-7-14)25-18-5-1-4-17-16(18)11-13(12-24-17)3-2-10-23/h1-2,4-10,13H,3,11-12,23H2. The molecule has 0 aliphatic carbocycles. The molecule has 3 nitrogen and oxygen atoms in total. The minimum atomic E-state index is -4.36. The highest BCUT2D eigenvalue weighted by atomic mass is 19.4. The van der Waals surface area contributed by atoms with Crippen molar-refractivity contribution < 1.29 is 22.6 Å². The van der Waals surface area contributed by atoms with Crippen LogP contribution >= 0.6 is 0 Å². The topological polar surface area (TPSA) is 44.5 Å². The molecule has 2 N–H and O–H groups in total. The van der Waals surface area contributed by atoms with Crippen LogP contribution < -0.4 is 15.2 Å². The molecule has 25 heavy (non-hydrogen) atoms. The van der Waals surface area contributed by atoms with Crippen LogP contribution in [0.5, 0.6) is 17.2 Å². The largest absolute Gasteiger partial charge is 0.493 e. The number of benzene rings is 2. The van der Waals surface area contributed by atoms with Gasteiger partial charge in [0.25, 0.3) is 0 Å². The summed E-state index contributed by atoms with van der Waals surface area (Å²) in [7, 11) is 0. The van der Waals surface area contributed by atoms with Gasteiger partial charge in [-0.2, -0.15) is 13.2 Å². The molecule has 2 aromatic carbocycles. The fraction of sp³-hybridized carbons (Fsp3) is 0.263. The number of hydrogen-bond acceptors (Lipinski definition) is 3. The minimum Gasteiger partial charge on any atom is -0.493 e. The van der Waals surface area contributed by atoms with Gasteiger partial charge in [0.2, 0.25) is 0 Å². The molecule has 0 bridgehead atoms. The lowest BCUT2D eigenvalue weighted by atomic mass is 9.93. The molecular weight excluding hydrogens is 331 g/mol. The molecule has 3 rings (SSSR count). The van der Waals surface area contributed by atoms with Crippen molar-refractivity contribution in [3.63, 3.8) is 0 Å². The maximum absolute atomic E-state index is 12.6. The van der Waals surface area contributed by atoms with Gasteiger partial charge in [0.1, 0.15) is 17.2 Å². The molecule has 1 atom stereocenters. The van der Waals surface area contributed by atoms with Crippen molar-refractivity contribution in [3.05, 3.63) is 65.9 Å². The highest BCUT2D eigenvalue weighted by Gasteiger charge is 2.30. The molecule has 132 valence electrons. The Kier molecular flexibility index (Phi) is 4.88. The fourth-order valence-electron chi connectivity index (χ4n) is 2.79. The first-order chi connectivity index (χ1) is 12.0. The summed E-state index contributed by atoms with van der Waals surface area (Å²) >= 11 is 0. The van der Waals surface area contributed by atoms with Crippen LogP contribution in [0.3, 0.4) is 0 Å². The first-order valence-corrected chi connectivity index (χ1v) is 7.94. The molecule has 0 fully saturated rings. The zero-order valence-corrected chi connectivity index (χ0v) is 13.4. The quantitative estimate of drug-likeness (QED) is 0.853. The van der Waals surface area contributed by atoms with Gasteiger partial charge in [0.05, 0.1) is 12.2 Å². The van der Waals surface area contributed by atoms with E-state index in [-0.39, 0.29) is 5.92 Å². The van der Waals surface area contributed by atoms with Gasteiger partial charge in [0.15, 0.2) is 0 Å². The lowest BCUT2D eigenvalue weighted by Gasteiger charge is -2.26. The van der Waals surface area contributed by atoms with E-state index in [4.69, 9.17) is 15.2 Å². The zero-order valence-electron chi connectivity index (χ0n) is 13.4. The summed E-state index contributed by atoms with van der Waals surface area (Å²) < 4.78 is 49.5. The molecule has 1 aliphatic heterocycles. The number of nitrogens with two attached hydrogens (primary N) is 1. The summed E-state index contributed by atoms with van der Waals surface area (Å²) in [6.07, 6.45) is 0.599. The smallest absolute Gasteiger partial charge is 0.416 e. The second-order valence-corrected chi connectivity index (χ2v) is 5.90. The normalized spacial score (nSPS) is 17.2. The molecule has 0 saturated heterocycles. The average Bonchev–Trinajstić information content (AvgIpc) is 2.60. The minimum absolute atomic E-state index is 0.282. The van der Waals surface area contributed by atoms with Gasteiger partial charge in [0, 0.05) is 11.5 Å². The summed E-state index contributed by atoms with van der Waals surface area (Å²) in [5.41, 5.74) is 5.61. The third-order valence-electron chi connectivity index (χ3n) is 4.07. The van der Waals surface area contributed by atoms with Crippen LogP contribution in [0.2, 0.25) is 0 Å². The highest BCUT2D eigenvalue weighted by molar-refractivity contribution is 5.48. The molecule has 0 aromatic heterocycles. The molecule has 1 unspecified atom stereocenters. The van der Waals surface area contributed by atoms with Gasteiger partial charge in [-0.15, -0.1) is 0 Å². The van der Waals surface area contributed by atoms with E-state index in [0.717, 1.165) is 36.3 Å². The van der Waals surface area contributed by atoms with Crippen LogP contribution in [-0.2, 0) is 12.6 Å². The Balaban J connectivity index is 1.80. The second-order valence-electron chi connectivity index (χ2n) is 5.90. The third-order valence-corrected chi connectivity index (χ3v) is 4.07. The van der Waals surface area contributed by atoms with E-state index in [2.05, 4.69) is 0 Å². The van der Waals surface area contributed by atoms with Crippen molar-refractivity contribution >= 4 is 0 Å². The average molecular weight is 349 g/mol. The third kappa shape index (κ3) is 4.07. The van der Waals surface area contributed by atoms with Gasteiger partial charge in [-0.05, 0) is 55.4 Å².